The molecule has 2 N–H and O–H groups in total. The molecule has 0 saturated heterocycles. The number of amides is 2. The number of anilines is 1. The first kappa shape index (κ1) is 27.2. The van der Waals surface area contributed by atoms with E-state index in [9.17, 15) is 19.6 Å². The number of aromatic nitrogens is 1. The number of thioether (sulfide) groups is 1. The minimum atomic E-state index is -0.445. The van der Waals surface area contributed by atoms with Crippen molar-refractivity contribution in [1.29, 1.82) is 5.26 Å². The van der Waals surface area contributed by atoms with E-state index in [1.807, 2.05) is 0 Å². The molecule has 0 atom stereocenters. The predicted molar refractivity (Wildman–Crippen MR) is 143 cm³/mol. The van der Waals surface area contributed by atoms with Gasteiger partial charge in [0.2, 0.25) is 5.91 Å². The first-order valence-electron chi connectivity index (χ1n) is 11.9. The number of nitrogens with one attached hydrogen (secondary N) is 2. The average molecular weight is 545 g/mol. The number of furan rings is 2. The topological polar surface area (TPSA) is 147 Å². The zero-order valence-corrected chi connectivity index (χ0v) is 22.0. The minimum Gasteiger partial charge on any atom is -0.467 e. The second-order valence-electron chi connectivity index (χ2n) is 8.11. The molecule has 0 fully saturated rings. The number of carbonyl (C=O) groups excluding carboxylic acids is 3. The van der Waals surface area contributed by atoms with Gasteiger partial charge in [-0.2, -0.15) is 5.26 Å². The van der Waals surface area contributed by atoms with Crippen molar-refractivity contribution in [1.82, 2.24) is 10.3 Å². The second-order valence-corrected chi connectivity index (χ2v) is 9.08. The Balaban J connectivity index is 1.53. The van der Waals surface area contributed by atoms with Crippen LogP contribution in [-0.4, -0.2) is 35.1 Å². The molecule has 4 aromatic rings. The molecule has 3 heterocycles. The second kappa shape index (κ2) is 12.6. The van der Waals surface area contributed by atoms with Crippen molar-refractivity contribution in [3.8, 4) is 17.4 Å². The molecular weight excluding hydrogens is 520 g/mol. The Morgan fingerprint density at radius 3 is 2.46 bits per heavy atom. The van der Waals surface area contributed by atoms with E-state index in [2.05, 4.69) is 21.7 Å². The summed E-state index contributed by atoms with van der Waals surface area (Å²) < 4.78 is 15.8. The molecule has 0 aliphatic carbocycles. The number of hydrogen-bond donors (Lipinski definition) is 2. The molecule has 0 saturated carbocycles. The summed E-state index contributed by atoms with van der Waals surface area (Å²) in [5, 5.41) is 15.9. The number of carbonyl (C=O) groups is 3. The van der Waals surface area contributed by atoms with E-state index in [0.717, 1.165) is 11.8 Å². The van der Waals surface area contributed by atoms with Crippen LogP contribution in [0.2, 0.25) is 0 Å². The molecule has 0 radical (unpaired) electrons. The molecule has 0 aliphatic heterocycles. The van der Waals surface area contributed by atoms with Gasteiger partial charge >= 0.3 is 5.97 Å². The molecule has 11 heteroatoms. The Labute approximate surface area is 228 Å². The normalized spacial score (nSPS) is 10.5. The molecule has 4 rings (SSSR count). The molecule has 1 aromatic carbocycles. The fourth-order valence-electron chi connectivity index (χ4n) is 3.73. The molecular formula is C28H24N4O6S. The van der Waals surface area contributed by atoms with Gasteiger partial charge in [0.1, 0.15) is 22.6 Å². The maximum Gasteiger partial charge on any atom is 0.338 e. The lowest BCUT2D eigenvalue weighted by molar-refractivity contribution is -0.113. The zero-order chi connectivity index (χ0) is 27.8. The van der Waals surface area contributed by atoms with Crippen LogP contribution < -0.4 is 10.6 Å². The summed E-state index contributed by atoms with van der Waals surface area (Å²) in [6.07, 6.45) is 2.96. The van der Waals surface area contributed by atoms with Crippen molar-refractivity contribution in [2.75, 3.05) is 17.7 Å². The quantitative estimate of drug-likeness (QED) is 0.209. The largest absolute Gasteiger partial charge is 0.467 e. The fraction of sp³-hybridized carbons (Fsp3) is 0.179. The highest BCUT2D eigenvalue weighted by Gasteiger charge is 2.26. The summed E-state index contributed by atoms with van der Waals surface area (Å²) in [6.45, 7) is 3.80. The fourth-order valence-corrected chi connectivity index (χ4v) is 4.57. The van der Waals surface area contributed by atoms with Gasteiger partial charge in [-0.1, -0.05) is 11.8 Å². The highest BCUT2D eigenvalue weighted by molar-refractivity contribution is 8.00. The summed E-state index contributed by atoms with van der Waals surface area (Å²) in [6, 6.07) is 15.2. The molecule has 198 valence electrons. The highest BCUT2D eigenvalue weighted by atomic mass is 32.2. The molecule has 10 nitrogen and oxygen atoms in total. The predicted octanol–water partition coefficient (Wildman–Crippen LogP) is 4.95. The molecule has 2 amide bonds. The van der Waals surface area contributed by atoms with Crippen LogP contribution in [0, 0.1) is 18.3 Å². The van der Waals surface area contributed by atoms with E-state index in [0.29, 0.717) is 34.0 Å². The average Bonchev–Trinajstić information content (AvgIpc) is 3.65. The van der Waals surface area contributed by atoms with Gasteiger partial charge in [0.05, 0.1) is 59.4 Å². The monoisotopic (exact) mass is 544 g/mol. The van der Waals surface area contributed by atoms with Gasteiger partial charge in [-0.25, -0.2) is 9.78 Å². The molecule has 3 aromatic heterocycles. The lowest BCUT2D eigenvalue weighted by atomic mass is 9.99. The van der Waals surface area contributed by atoms with Crippen LogP contribution in [0.5, 0.6) is 0 Å². The summed E-state index contributed by atoms with van der Waals surface area (Å²) in [7, 11) is 0. The number of rotatable bonds is 10. The number of nitriles is 1. The number of hydrogen-bond acceptors (Lipinski definition) is 9. The Bertz CT molecular complexity index is 1510. The molecule has 0 unspecified atom stereocenters. The number of pyridine rings is 1. The van der Waals surface area contributed by atoms with Crippen LogP contribution in [0.4, 0.5) is 5.69 Å². The standard InChI is InChI=1S/C28H24N4O6S/c1-3-36-28(35)18-8-10-19(11-9-18)32-23(33)16-39-27-21(14-29)25(22-7-5-13-38-22)24(17(2)31-27)26(34)30-15-20-6-4-12-37-20/h4-13H,3,15-16H2,1-2H3,(H,30,34)(H,32,33). The number of benzene rings is 1. The Morgan fingerprint density at radius 1 is 1.08 bits per heavy atom. The zero-order valence-electron chi connectivity index (χ0n) is 21.1. The van der Waals surface area contributed by atoms with Crippen molar-refractivity contribution in [2.24, 2.45) is 0 Å². The number of ether oxygens (including phenoxy) is 1. The van der Waals surface area contributed by atoms with Gasteiger partial charge in [-0.05, 0) is 62.4 Å². The first-order valence-corrected chi connectivity index (χ1v) is 12.9. The molecule has 39 heavy (non-hydrogen) atoms. The van der Waals surface area contributed by atoms with Crippen molar-refractivity contribution < 1.29 is 28.0 Å². The number of aryl methyl sites for hydroxylation is 1. The summed E-state index contributed by atoms with van der Waals surface area (Å²) >= 11 is 1.06. The van der Waals surface area contributed by atoms with Gasteiger partial charge in [-0.15, -0.1) is 0 Å². The minimum absolute atomic E-state index is 0.0532. The summed E-state index contributed by atoms with van der Waals surface area (Å²) in [5.41, 5.74) is 1.86. The first-order chi connectivity index (χ1) is 18.9. The maximum absolute atomic E-state index is 13.2. The van der Waals surface area contributed by atoms with Gasteiger partial charge in [0.25, 0.3) is 5.91 Å². The lowest BCUT2D eigenvalue weighted by Gasteiger charge is -2.15. The third kappa shape index (κ3) is 6.55. The van der Waals surface area contributed by atoms with Crippen molar-refractivity contribution in [3.05, 3.63) is 89.2 Å². The Morgan fingerprint density at radius 2 is 1.82 bits per heavy atom. The van der Waals surface area contributed by atoms with Crippen LogP contribution in [0.3, 0.4) is 0 Å². The van der Waals surface area contributed by atoms with Crippen molar-refractivity contribution in [3.63, 3.8) is 0 Å². The number of nitrogens with zero attached hydrogens (tertiary/aromatic N) is 2. The molecule has 0 bridgehead atoms. The molecule has 0 aliphatic rings. The highest BCUT2D eigenvalue weighted by Crippen LogP contribution is 2.35. The van der Waals surface area contributed by atoms with Gasteiger partial charge in [0.15, 0.2) is 0 Å². The maximum atomic E-state index is 13.2. The van der Waals surface area contributed by atoms with Gasteiger partial charge in [-0.3, -0.25) is 9.59 Å². The van der Waals surface area contributed by atoms with E-state index in [4.69, 9.17) is 13.6 Å². The summed E-state index contributed by atoms with van der Waals surface area (Å²) in [5.74, 6) is -0.382. The Hall–Kier alpha value is -4.82. The lowest BCUT2D eigenvalue weighted by Crippen LogP contribution is -2.25. The van der Waals surface area contributed by atoms with Crippen LogP contribution in [0.15, 0.2) is 74.9 Å². The molecule has 0 spiro atoms. The van der Waals surface area contributed by atoms with E-state index in [1.165, 1.54) is 12.5 Å². The number of esters is 1. The van der Waals surface area contributed by atoms with E-state index >= 15 is 0 Å². The SMILES string of the molecule is CCOC(=O)c1ccc(NC(=O)CSc2nc(C)c(C(=O)NCc3ccco3)c(-c3ccco3)c2C#N)cc1. The van der Waals surface area contributed by atoms with Crippen LogP contribution in [0.1, 0.15) is 44.7 Å². The van der Waals surface area contributed by atoms with Crippen LogP contribution in [0.25, 0.3) is 11.3 Å². The van der Waals surface area contributed by atoms with E-state index in [1.54, 1.807) is 62.4 Å². The third-order valence-electron chi connectivity index (χ3n) is 5.47. The van der Waals surface area contributed by atoms with Crippen molar-refractivity contribution in [2.45, 2.75) is 25.4 Å². The third-order valence-corrected chi connectivity index (χ3v) is 6.45. The van der Waals surface area contributed by atoms with Gasteiger partial charge in [0, 0.05) is 5.69 Å². The smallest absolute Gasteiger partial charge is 0.338 e. The van der Waals surface area contributed by atoms with Crippen molar-refractivity contribution >= 4 is 35.2 Å². The van der Waals surface area contributed by atoms with Crippen LogP contribution in [-0.2, 0) is 16.1 Å². The van der Waals surface area contributed by atoms with E-state index < -0.39 is 11.9 Å². The summed E-state index contributed by atoms with van der Waals surface area (Å²) in [4.78, 5) is 42.1. The van der Waals surface area contributed by atoms with Gasteiger partial charge < -0.3 is 24.2 Å². The Kier molecular flexibility index (Phi) is 8.81. The van der Waals surface area contributed by atoms with Crippen LogP contribution >= 0.6 is 11.8 Å². The van der Waals surface area contributed by atoms with E-state index in [-0.39, 0.29) is 41.0 Å².